The first-order valence-corrected chi connectivity index (χ1v) is 8.91. The molecule has 0 bridgehead atoms. The second-order valence-electron chi connectivity index (χ2n) is 7.12. The lowest BCUT2D eigenvalue weighted by Crippen LogP contribution is -2.41. The topological polar surface area (TPSA) is 34.1 Å². The maximum atomic E-state index is 6.28. The van der Waals surface area contributed by atoms with Crippen LogP contribution in [0.5, 0.6) is 11.5 Å². The van der Waals surface area contributed by atoms with E-state index in [1.807, 2.05) is 18.2 Å². The van der Waals surface area contributed by atoms with Gasteiger partial charge in [0.2, 0.25) is 0 Å². The van der Waals surface area contributed by atoms with Gasteiger partial charge in [-0.25, -0.2) is 0 Å². The van der Waals surface area contributed by atoms with Crippen molar-refractivity contribution in [3.8, 4) is 11.5 Å². The molecule has 2 aliphatic rings. The predicted octanol–water partition coefficient (Wildman–Crippen LogP) is 4.61. The first-order valence-electron chi connectivity index (χ1n) is 8.91. The number of benzene rings is 2. The Bertz CT molecular complexity index is 800. The fourth-order valence-corrected chi connectivity index (χ4v) is 3.65. The summed E-state index contributed by atoms with van der Waals surface area (Å²) in [6, 6.07) is 16.7. The van der Waals surface area contributed by atoms with Crippen LogP contribution in [0, 0.1) is 5.92 Å². The number of methoxy groups -OCH3 is 1. The molecule has 4 nitrogen and oxygen atoms in total. The van der Waals surface area contributed by atoms with Gasteiger partial charge in [0, 0.05) is 24.0 Å². The van der Waals surface area contributed by atoms with Crippen molar-refractivity contribution >= 4 is 5.71 Å². The Morgan fingerprint density at radius 2 is 2.04 bits per heavy atom. The van der Waals surface area contributed by atoms with E-state index in [4.69, 9.17) is 14.6 Å². The summed E-state index contributed by atoms with van der Waals surface area (Å²) in [4.78, 5) is 0. The molecule has 0 aliphatic carbocycles. The molecule has 0 amide bonds. The molecule has 2 atom stereocenters. The molecule has 2 aromatic carbocycles. The summed E-state index contributed by atoms with van der Waals surface area (Å²) in [6.07, 6.45) is 1.84. The lowest BCUT2D eigenvalue weighted by Gasteiger charge is -2.38. The highest BCUT2D eigenvalue weighted by Crippen LogP contribution is 2.44. The van der Waals surface area contributed by atoms with Gasteiger partial charge >= 0.3 is 0 Å². The summed E-state index contributed by atoms with van der Waals surface area (Å²) in [5.41, 5.74) is 3.44. The molecule has 4 heteroatoms. The highest BCUT2D eigenvalue weighted by molar-refractivity contribution is 6.02. The number of hydrogen-bond donors (Lipinski definition) is 0. The molecule has 0 spiro atoms. The highest BCUT2D eigenvalue weighted by atomic mass is 16.5. The molecule has 2 aromatic rings. The molecule has 25 heavy (non-hydrogen) atoms. The van der Waals surface area contributed by atoms with Crippen molar-refractivity contribution in [2.75, 3.05) is 7.11 Å². The second-order valence-corrected chi connectivity index (χ2v) is 7.12. The van der Waals surface area contributed by atoms with Crippen molar-refractivity contribution in [3.63, 3.8) is 0 Å². The van der Waals surface area contributed by atoms with E-state index in [1.165, 1.54) is 5.56 Å². The molecule has 2 heterocycles. The van der Waals surface area contributed by atoms with Crippen LogP contribution in [0.1, 0.15) is 43.9 Å². The van der Waals surface area contributed by atoms with E-state index in [1.54, 1.807) is 7.11 Å². The van der Waals surface area contributed by atoms with E-state index in [2.05, 4.69) is 49.2 Å². The van der Waals surface area contributed by atoms with Gasteiger partial charge in [-0.3, -0.25) is 5.01 Å². The van der Waals surface area contributed by atoms with Crippen LogP contribution in [0.25, 0.3) is 0 Å². The Morgan fingerprint density at radius 3 is 2.84 bits per heavy atom. The van der Waals surface area contributed by atoms with Crippen molar-refractivity contribution in [2.24, 2.45) is 11.0 Å². The summed E-state index contributed by atoms with van der Waals surface area (Å²) in [7, 11) is 1.70. The summed E-state index contributed by atoms with van der Waals surface area (Å²) < 4.78 is 11.6. The summed E-state index contributed by atoms with van der Waals surface area (Å²) >= 11 is 0. The van der Waals surface area contributed by atoms with Crippen molar-refractivity contribution in [1.82, 2.24) is 5.01 Å². The maximum absolute atomic E-state index is 6.28. The van der Waals surface area contributed by atoms with Crippen LogP contribution in [0.2, 0.25) is 0 Å². The zero-order valence-electron chi connectivity index (χ0n) is 15.0. The SMILES string of the molecule is COc1cccc(C2=NN3C(CC(C)C)Oc4ccccc4C3C2)c1. The van der Waals surface area contributed by atoms with Gasteiger partial charge in [0.15, 0.2) is 6.23 Å². The minimum atomic E-state index is -0.0111. The number of para-hydroxylation sites is 1. The molecule has 0 aromatic heterocycles. The zero-order chi connectivity index (χ0) is 17.4. The Kier molecular flexibility index (Phi) is 4.12. The second kappa shape index (κ2) is 6.43. The average molecular weight is 336 g/mol. The van der Waals surface area contributed by atoms with Crippen molar-refractivity contribution in [2.45, 2.75) is 39.0 Å². The minimum absolute atomic E-state index is 0.0111. The summed E-state index contributed by atoms with van der Waals surface area (Å²) in [5, 5.41) is 7.12. The maximum Gasteiger partial charge on any atom is 0.188 e. The zero-order valence-corrected chi connectivity index (χ0v) is 15.0. The van der Waals surface area contributed by atoms with Gasteiger partial charge in [-0.2, -0.15) is 5.10 Å². The Morgan fingerprint density at radius 1 is 1.20 bits per heavy atom. The number of ether oxygens (including phenoxy) is 2. The third-order valence-corrected chi connectivity index (χ3v) is 4.85. The van der Waals surface area contributed by atoms with Gasteiger partial charge in [0.1, 0.15) is 11.5 Å². The molecule has 2 aliphatic heterocycles. The average Bonchev–Trinajstić information content (AvgIpc) is 3.07. The van der Waals surface area contributed by atoms with E-state index in [0.717, 1.165) is 35.6 Å². The standard InChI is InChI=1S/C21H24N2O2/c1-14(2)11-21-23-19(17-9-4-5-10-20(17)25-21)13-18(22-23)15-7-6-8-16(12-15)24-3/h4-10,12,14,19,21H,11,13H2,1-3H3. The van der Waals surface area contributed by atoms with Crippen LogP contribution in [-0.2, 0) is 0 Å². The molecular formula is C21H24N2O2. The molecule has 0 saturated heterocycles. The molecule has 0 fully saturated rings. The third kappa shape index (κ3) is 2.97. The van der Waals surface area contributed by atoms with E-state index < -0.39 is 0 Å². The monoisotopic (exact) mass is 336 g/mol. The largest absolute Gasteiger partial charge is 0.497 e. The van der Waals surface area contributed by atoms with Crippen LogP contribution in [0.4, 0.5) is 0 Å². The lowest BCUT2D eigenvalue weighted by molar-refractivity contribution is -0.0291. The minimum Gasteiger partial charge on any atom is -0.497 e. The van der Waals surface area contributed by atoms with Gasteiger partial charge < -0.3 is 9.47 Å². The fourth-order valence-electron chi connectivity index (χ4n) is 3.65. The van der Waals surface area contributed by atoms with Crippen LogP contribution < -0.4 is 9.47 Å². The normalized spacial score (nSPS) is 21.4. The number of fused-ring (bicyclic) bond motifs is 3. The molecule has 0 radical (unpaired) electrons. The fraction of sp³-hybridized carbons (Fsp3) is 0.381. The Balaban J connectivity index is 1.70. The van der Waals surface area contributed by atoms with Crippen molar-refractivity contribution < 1.29 is 9.47 Å². The Labute approximate surface area is 149 Å². The number of rotatable bonds is 4. The van der Waals surface area contributed by atoms with Gasteiger partial charge in [-0.15, -0.1) is 0 Å². The van der Waals surface area contributed by atoms with Gasteiger partial charge in [-0.05, 0) is 24.1 Å². The lowest BCUT2D eigenvalue weighted by atomic mass is 9.95. The highest BCUT2D eigenvalue weighted by Gasteiger charge is 2.40. The molecule has 4 rings (SSSR count). The van der Waals surface area contributed by atoms with Crippen LogP contribution in [-0.4, -0.2) is 24.1 Å². The Hall–Kier alpha value is -2.49. The summed E-state index contributed by atoms with van der Waals surface area (Å²) in [6.45, 7) is 4.45. The molecule has 0 N–H and O–H groups in total. The molecule has 130 valence electrons. The van der Waals surface area contributed by atoms with E-state index >= 15 is 0 Å². The van der Waals surface area contributed by atoms with Crippen molar-refractivity contribution in [3.05, 3.63) is 59.7 Å². The van der Waals surface area contributed by atoms with Crippen LogP contribution in [0.15, 0.2) is 53.6 Å². The molecule has 0 saturated carbocycles. The molecule has 2 unspecified atom stereocenters. The predicted molar refractivity (Wildman–Crippen MR) is 99.0 cm³/mol. The number of nitrogens with zero attached hydrogens (tertiary/aromatic N) is 2. The van der Waals surface area contributed by atoms with Crippen LogP contribution >= 0.6 is 0 Å². The summed E-state index contributed by atoms with van der Waals surface area (Å²) in [5.74, 6) is 2.41. The van der Waals surface area contributed by atoms with Gasteiger partial charge in [-0.1, -0.05) is 44.2 Å². The number of hydrazone groups is 1. The van der Waals surface area contributed by atoms with Gasteiger partial charge in [0.05, 0.1) is 18.9 Å². The first kappa shape index (κ1) is 16.0. The molecular weight excluding hydrogens is 312 g/mol. The third-order valence-electron chi connectivity index (χ3n) is 4.85. The van der Waals surface area contributed by atoms with Gasteiger partial charge in [0.25, 0.3) is 0 Å². The van der Waals surface area contributed by atoms with E-state index in [-0.39, 0.29) is 12.3 Å². The van der Waals surface area contributed by atoms with E-state index in [9.17, 15) is 0 Å². The first-order chi connectivity index (χ1) is 12.2. The quantitative estimate of drug-likeness (QED) is 0.817. The number of hydrogen-bond acceptors (Lipinski definition) is 4. The van der Waals surface area contributed by atoms with Crippen LogP contribution in [0.3, 0.4) is 0 Å². The smallest absolute Gasteiger partial charge is 0.188 e. The van der Waals surface area contributed by atoms with E-state index in [0.29, 0.717) is 5.92 Å². The van der Waals surface area contributed by atoms with Crippen molar-refractivity contribution in [1.29, 1.82) is 0 Å².